The van der Waals surface area contributed by atoms with Crippen LogP contribution in [-0.2, 0) is 6.18 Å². The molecule has 4 aromatic rings. The van der Waals surface area contributed by atoms with Crippen LogP contribution in [0.3, 0.4) is 0 Å². The summed E-state index contributed by atoms with van der Waals surface area (Å²) in [6, 6.07) is 9.89. The Kier molecular flexibility index (Phi) is 3.80. The van der Waals surface area contributed by atoms with E-state index in [0.717, 1.165) is 12.1 Å². The summed E-state index contributed by atoms with van der Waals surface area (Å²) in [5, 5.41) is 0. The van der Waals surface area contributed by atoms with Crippen LogP contribution in [-0.4, -0.2) is 19.4 Å². The molecule has 130 valence electrons. The average Bonchev–Trinajstić information content (AvgIpc) is 3.11. The maximum absolute atomic E-state index is 12.7. The third-order valence-electron chi connectivity index (χ3n) is 3.75. The lowest BCUT2D eigenvalue weighted by molar-refractivity contribution is -0.137. The van der Waals surface area contributed by atoms with E-state index in [9.17, 15) is 13.2 Å². The van der Waals surface area contributed by atoms with E-state index in [4.69, 9.17) is 4.74 Å². The first-order chi connectivity index (χ1) is 12.5. The summed E-state index contributed by atoms with van der Waals surface area (Å²) in [6.07, 6.45) is 2.20. The van der Waals surface area contributed by atoms with Gasteiger partial charge < -0.3 is 9.14 Å². The van der Waals surface area contributed by atoms with Crippen LogP contribution in [0.25, 0.3) is 16.9 Å². The lowest BCUT2D eigenvalue weighted by Gasteiger charge is -2.09. The highest BCUT2D eigenvalue weighted by molar-refractivity contribution is 5.61. The Hall–Kier alpha value is -3.42. The highest BCUT2D eigenvalue weighted by Crippen LogP contribution is 2.31. The monoisotopic (exact) mass is 356 g/mol. The topological polar surface area (TPSA) is 52.3 Å². The summed E-state index contributed by atoms with van der Waals surface area (Å²) in [6.45, 7) is 0. The second-order valence-electron chi connectivity index (χ2n) is 5.45. The largest absolute Gasteiger partial charge is 0.435 e. The molecule has 1 aromatic carbocycles. The van der Waals surface area contributed by atoms with Crippen molar-refractivity contribution >= 4 is 5.65 Å². The first-order valence-corrected chi connectivity index (χ1v) is 7.60. The minimum absolute atomic E-state index is 0.269. The summed E-state index contributed by atoms with van der Waals surface area (Å²) in [4.78, 5) is 12.4. The van der Waals surface area contributed by atoms with Crippen molar-refractivity contribution < 1.29 is 17.9 Å². The second-order valence-corrected chi connectivity index (χ2v) is 5.45. The van der Waals surface area contributed by atoms with Crippen LogP contribution in [0.5, 0.6) is 11.6 Å². The molecule has 0 aliphatic heterocycles. The van der Waals surface area contributed by atoms with E-state index in [1.807, 2.05) is 12.3 Å². The van der Waals surface area contributed by atoms with E-state index in [-0.39, 0.29) is 5.88 Å². The molecule has 0 bridgehead atoms. The molecule has 3 aromatic heterocycles. The second kappa shape index (κ2) is 6.14. The molecule has 4 rings (SSSR count). The molecule has 0 unspecified atom stereocenters. The molecule has 0 atom stereocenters. The molecular weight excluding hydrogens is 345 g/mol. The molecule has 0 N–H and O–H groups in total. The van der Waals surface area contributed by atoms with Gasteiger partial charge in [0.05, 0.1) is 11.3 Å². The third-order valence-corrected chi connectivity index (χ3v) is 3.75. The summed E-state index contributed by atoms with van der Waals surface area (Å²) >= 11 is 0. The molecule has 0 aliphatic carbocycles. The normalized spacial score (nSPS) is 11.7. The number of hydrogen-bond acceptors (Lipinski definition) is 4. The minimum atomic E-state index is -4.37. The lowest BCUT2D eigenvalue weighted by Crippen LogP contribution is -2.04. The molecule has 0 fully saturated rings. The molecule has 0 spiro atoms. The summed E-state index contributed by atoms with van der Waals surface area (Å²) in [5.41, 5.74) is 0.906. The highest BCUT2D eigenvalue weighted by atomic mass is 19.4. The molecule has 0 aliphatic rings. The number of halogens is 3. The number of aromatic nitrogens is 4. The fourth-order valence-corrected chi connectivity index (χ4v) is 2.50. The van der Waals surface area contributed by atoms with Gasteiger partial charge in [-0.25, -0.2) is 15.0 Å². The van der Waals surface area contributed by atoms with Gasteiger partial charge in [-0.2, -0.15) is 13.2 Å². The van der Waals surface area contributed by atoms with Crippen LogP contribution < -0.4 is 4.74 Å². The Morgan fingerprint density at radius 2 is 1.73 bits per heavy atom. The number of alkyl halides is 3. The third kappa shape index (κ3) is 3.08. The smallest absolute Gasteiger partial charge is 0.416 e. The van der Waals surface area contributed by atoms with Gasteiger partial charge in [0.2, 0.25) is 5.88 Å². The van der Waals surface area contributed by atoms with Crippen molar-refractivity contribution in [2.45, 2.75) is 6.18 Å². The Labute approximate surface area is 145 Å². The Morgan fingerprint density at radius 3 is 2.50 bits per heavy atom. The van der Waals surface area contributed by atoms with Gasteiger partial charge in [-0.15, -0.1) is 0 Å². The predicted molar refractivity (Wildman–Crippen MR) is 87.7 cm³/mol. The number of ether oxygens (including phenoxy) is 1. The Morgan fingerprint density at radius 1 is 0.923 bits per heavy atom. The number of benzene rings is 1. The average molecular weight is 356 g/mol. The lowest BCUT2D eigenvalue weighted by atomic mass is 10.1. The maximum atomic E-state index is 12.7. The quantitative estimate of drug-likeness (QED) is 0.538. The van der Waals surface area contributed by atoms with Crippen LogP contribution in [0.2, 0.25) is 0 Å². The molecule has 8 heteroatoms. The Balaban J connectivity index is 1.64. The number of rotatable bonds is 3. The van der Waals surface area contributed by atoms with Crippen LogP contribution in [0.1, 0.15) is 5.56 Å². The van der Waals surface area contributed by atoms with Gasteiger partial charge in [0.1, 0.15) is 6.33 Å². The molecule has 5 nitrogen and oxygen atoms in total. The molecule has 3 heterocycles. The van der Waals surface area contributed by atoms with E-state index < -0.39 is 11.7 Å². The van der Waals surface area contributed by atoms with Crippen LogP contribution >= 0.6 is 0 Å². The molecule has 0 saturated carbocycles. The van der Waals surface area contributed by atoms with Gasteiger partial charge in [-0.05, 0) is 24.3 Å². The molecular formula is C18H11F3N4O. The van der Waals surface area contributed by atoms with Crippen molar-refractivity contribution in [2.24, 2.45) is 0 Å². The van der Waals surface area contributed by atoms with Crippen molar-refractivity contribution in [3.63, 3.8) is 0 Å². The van der Waals surface area contributed by atoms with Gasteiger partial charge in [0, 0.05) is 30.2 Å². The zero-order chi connectivity index (χ0) is 18.1. The van der Waals surface area contributed by atoms with E-state index in [1.165, 1.54) is 18.5 Å². The van der Waals surface area contributed by atoms with Crippen LogP contribution in [0, 0.1) is 0 Å². The first-order valence-electron chi connectivity index (χ1n) is 7.60. The van der Waals surface area contributed by atoms with Gasteiger partial charge >= 0.3 is 6.18 Å². The van der Waals surface area contributed by atoms with Crippen molar-refractivity contribution in [2.75, 3.05) is 0 Å². The predicted octanol–water partition coefficient (Wildman–Crippen LogP) is 4.60. The number of pyridine rings is 1. The SMILES string of the molecule is FC(F)(F)c1ccc(-c2cc(Oc3cccn4ccnc34)ncn2)cc1. The molecule has 0 radical (unpaired) electrons. The van der Waals surface area contributed by atoms with E-state index >= 15 is 0 Å². The fraction of sp³-hybridized carbons (Fsp3) is 0.0556. The van der Waals surface area contributed by atoms with Gasteiger partial charge in [0.15, 0.2) is 11.4 Å². The highest BCUT2D eigenvalue weighted by Gasteiger charge is 2.30. The van der Waals surface area contributed by atoms with Crippen molar-refractivity contribution in [3.8, 4) is 22.9 Å². The molecule has 0 amide bonds. The summed E-state index contributed by atoms with van der Waals surface area (Å²) in [5.74, 6) is 0.778. The zero-order valence-corrected chi connectivity index (χ0v) is 13.2. The fourth-order valence-electron chi connectivity index (χ4n) is 2.50. The van der Waals surface area contributed by atoms with Crippen molar-refractivity contribution in [3.05, 3.63) is 72.9 Å². The standard InChI is InChI=1S/C18H11F3N4O/c19-18(20,21)13-5-3-12(4-6-13)14-10-16(24-11-23-14)26-15-2-1-8-25-9-7-22-17(15)25/h1-11H. The number of hydrogen-bond donors (Lipinski definition) is 0. The number of nitrogens with zero attached hydrogens (tertiary/aromatic N) is 4. The summed E-state index contributed by atoms with van der Waals surface area (Å²) in [7, 11) is 0. The Bertz CT molecular complexity index is 1060. The first kappa shape index (κ1) is 16.1. The van der Waals surface area contributed by atoms with E-state index in [2.05, 4.69) is 15.0 Å². The van der Waals surface area contributed by atoms with Gasteiger partial charge in [-0.1, -0.05) is 12.1 Å². The molecule has 26 heavy (non-hydrogen) atoms. The maximum Gasteiger partial charge on any atom is 0.416 e. The van der Waals surface area contributed by atoms with Crippen LogP contribution in [0.4, 0.5) is 13.2 Å². The van der Waals surface area contributed by atoms with Crippen LogP contribution in [0.15, 0.2) is 67.4 Å². The zero-order valence-electron chi connectivity index (χ0n) is 13.2. The summed E-state index contributed by atoms with van der Waals surface area (Å²) < 4.78 is 45.6. The van der Waals surface area contributed by atoms with Crippen molar-refractivity contribution in [1.82, 2.24) is 19.4 Å². The van der Waals surface area contributed by atoms with Gasteiger partial charge in [0.25, 0.3) is 0 Å². The minimum Gasteiger partial charge on any atom is -0.435 e. The molecule has 0 saturated heterocycles. The van der Waals surface area contributed by atoms with E-state index in [0.29, 0.717) is 22.7 Å². The van der Waals surface area contributed by atoms with Gasteiger partial charge in [-0.3, -0.25) is 0 Å². The van der Waals surface area contributed by atoms with Crippen molar-refractivity contribution in [1.29, 1.82) is 0 Å². The van der Waals surface area contributed by atoms with E-state index in [1.54, 1.807) is 28.9 Å². The number of imidazole rings is 1. The number of fused-ring (bicyclic) bond motifs is 1.